The first-order valence-electron chi connectivity index (χ1n) is 15.8. The number of ether oxygens (including phenoxy) is 4. The minimum absolute atomic E-state index is 0.0758. The van der Waals surface area contributed by atoms with Gasteiger partial charge in [-0.25, -0.2) is 4.79 Å². The molecule has 1 aliphatic rings. The molecule has 45 heavy (non-hydrogen) atoms. The number of benzene rings is 3. The summed E-state index contributed by atoms with van der Waals surface area (Å²) in [7, 11) is 3.30. The molecule has 1 aliphatic heterocycles. The van der Waals surface area contributed by atoms with Crippen LogP contribution in [0.3, 0.4) is 0 Å². The standard InChI is InChI=1S/C36H46N4O5/c1-26-23-40(18-17-39-36(41)37-2)33-21-27(9-14-31(26)33)24-45-35-22-38-16-15-32(35)28-10-12-30(13-11-28)44-20-6-19-43-25-29-7-4-5-8-34(29)42-3/h4-5,7-14,21,23,32,35,38H,6,15-20,22,24-25H2,1-3H3,(H2,37,39,41)/t32-,35+/m1/s1. The summed E-state index contributed by atoms with van der Waals surface area (Å²) in [6.07, 6.45) is 4.05. The minimum atomic E-state index is -0.169. The van der Waals surface area contributed by atoms with Crippen molar-refractivity contribution >= 4 is 16.9 Å². The number of carbonyl (C=O) groups is 1. The van der Waals surface area contributed by atoms with Gasteiger partial charge in [0.15, 0.2) is 0 Å². The number of carbonyl (C=O) groups excluding carboxylic acids is 1. The van der Waals surface area contributed by atoms with Gasteiger partial charge in [0, 0.05) is 61.7 Å². The molecule has 2 heterocycles. The lowest BCUT2D eigenvalue weighted by Gasteiger charge is -2.32. The van der Waals surface area contributed by atoms with E-state index in [0.717, 1.165) is 54.1 Å². The van der Waals surface area contributed by atoms with Crippen LogP contribution in [0.1, 0.15) is 41.0 Å². The van der Waals surface area contributed by atoms with Crippen LogP contribution in [0.2, 0.25) is 0 Å². The molecule has 1 aromatic heterocycles. The summed E-state index contributed by atoms with van der Waals surface area (Å²) in [5, 5.41) is 10.2. The number of methoxy groups -OCH3 is 1. The number of piperidine rings is 1. The molecule has 0 radical (unpaired) electrons. The number of hydrogen-bond donors (Lipinski definition) is 3. The largest absolute Gasteiger partial charge is 0.496 e. The Hall–Kier alpha value is -4.05. The lowest BCUT2D eigenvalue weighted by atomic mass is 9.87. The first-order chi connectivity index (χ1) is 22.1. The fourth-order valence-corrected chi connectivity index (χ4v) is 5.93. The Morgan fingerprint density at radius 2 is 1.89 bits per heavy atom. The molecule has 1 fully saturated rings. The van der Waals surface area contributed by atoms with E-state index >= 15 is 0 Å². The van der Waals surface area contributed by atoms with E-state index in [1.807, 2.05) is 24.3 Å². The van der Waals surface area contributed by atoms with Gasteiger partial charge in [0.1, 0.15) is 11.5 Å². The Kier molecular flexibility index (Phi) is 11.7. The summed E-state index contributed by atoms with van der Waals surface area (Å²) in [5.74, 6) is 2.03. The van der Waals surface area contributed by atoms with E-state index in [4.69, 9.17) is 18.9 Å². The Balaban J connectivity index is 1.10. The van der Waals surface area contributed by atoms with Gasteiger partial charge >= 0.3 is 6.03 Å². The van der Waals surface area contributed by atoms with Crippen LogP contribution >= 0.6 is 0 Å². The monoisotopic (exact) mass is 614 g/mol. The summed E-state index contributed by atoms with van der Waals surface area (Å²) < 4.78 is 26.0. The van der Waals surface area contributed by atoms with Crippen LogP contribution in [0, 0.1) is 6.92 Å². The minimum Gasteiger partial charge on any atom is -0.496 e. The third kappa shape index (κ3) is 8.78. The fraction of sp³-hybridized carbons (Fsp3) is 0.417. The summed E-state index contributed by atoms with van der Waals surface area (Å²) in [4.78, 5) is 11.6. The van der Waals surface area contributed by atoms with E-state index < -0.39 is 0 Å². The second-order valence-corrected chi connectivity index (χ2v) is 11.4. The SMILES string of the molecule is CNC(=O)NCCn1cc(C)c2ccc(CO[C@H]3CNCC[C@@H]3c3ccc(OCCCOCc4ccccc4OC)cc3)cc21. The van der Waals surface area contributed by atoms with E-state index in [-0.39, 0.29) is 12.1 Å². The molecule has 240 valence electrons. The highest BCUT2D eigenvalue weighted by Crippen LogP contribution is 2.30. The molecule has 2 amide bonds. The van der Waals surface area contributed by atoms with Gasteiger partial charge in [-0.2, -0.15) is 0 Å². The molecule has 4 aromatic rings. The smallest absolute Gasteiger partial charge is 0.314 e. The van der Waals surface area contributed by atoms with Crippen LogP contribution in [0.25, 0.3) is 10.9 Å². The Morgan fingerprint density at radius 3 is 2.71 bits per heavy atom. The number of hydrogen-bond acceptors (Lipinski definition) is 6. The highest BCUT2D eigenvalue weighted by molar-refractivity contribution is 5.84. The second-order valence-electron chi connectivity index (χ2n) is 11.4. The maximum absolute atomic E-state index is 11.6. The molecule has 5 rings (SSSR count). The van der Waals surface area contributed by atoms with Gasteiger partial charge < -0.3 is 39.5 Å². The Labute approximate surface area is 266 Å². The summed E-state index contributed by atoms with van der Waals surface area (Å²) in [6, 6.07) is 22.8. The van der Waals surface area contributed by atoms with Crippen molar-refractivity contribution < 1.29 is 23.7 Å². The van der Waals surface area contributed by atoms with Crippen molar-refractivity contribution in [3.8, 4) is 11.5 Å². The van der Waals surface area contributed by atoms with Gasteiger partial charge in [-0.05, 0) is 60.8 Å². The van der Waals surface area contributed by atoms with Crippen LogP contribution in [0.15, 0.2) is 72.9 Å². The number of aromatic nitrogens is 1. The predicted molar refractivity (Wildman–Crippen MR) is 177 cm³/mol. The number of nitrogens with zero attached hydrogens (tertiary/aromatic N) is 1. The van der Waals surface area contributed by atoms with Gasteiger partial charge in [-0.15, -0.1) is 0 Å². The van der Waals surface area contributed by atoms with Crippen molar-refractivity contribution in [2.75, 3.05) is 47.0 Å². The number of urea groups is 1. The Bertz CT molecular complexity index is 1520. The number of rotatable bonds is 15. The van der Waals surface area contributed by atoms with Crippen molar-refractivity contribution in [2.24, 2.45) is 0 Å². The third-order valence-corrected chi connectivity index (χ3v) is 8.36. The van der Waals surface area contributed by atoms with Gasteiger partial charge in [0.25, 0.3) is 0 Å². The molecule has 9 heteroatoms. The fourth-order valence-electron chi connectivity index (χ4n) is 5.93. The maximum atomic E-state index is 11.6. The van der Waals surface area contributed by atoms with E-state index in [1.165, 1.54) is 16.5 Å². The topological polar surface area (TPSA) is 95.0 Å². The van der Waals surface area contributed by atoms with Crippen LogP contribution in [0.5, 0.6) is 11.5 Å². The molecular formula is C36H46N4O5. The normalized spacial score (nSPS) is 16.4. The van der Waals surface area contributed by atoms with E-state index in [9.17, 15) is 4.79 Å². The molecule has 2 atom stereocenters. The van der Waals surface area contributed by atoms with E-state index in [2.05, 4.69) is 76.1 Å². The van der Waals surface area contributed by atoms with Crippen LogP contribution < -0.4 is 25.4 Å². The zero-order valence-electron chi connectivity index (χ0n) is 26.6. The average molecular weight is 615 g/mol. The molecule has 0 aliphatic carbocycles. The zero-order valence-corrected chi connectivity index (χ0v) is 26.6. The molecule has 3 N–H and O–H groups in total. The van der Waals surface area contributed by atoms with Crippen molar-refractivity contribution in [3.05, 3.63) is 95.2 Å². The van der Waals surface area contributed by atoms with E-state index in [1.54, 1.807) is 14.2 Å². The van der Waals surface area contributed by atoms with E-state index in [0.29, 0.717) is 45.4 Å². The highest BCUT2D eigenvalue weighted by Gasteiger charge is 2.27. The molecule has 0 saturated carbocycles. The molecule has 9 nitrogen and oxygen atoms in total. The number of nitrogens with one attached hydrogen (secondary N) is 3. The van der Waals surface area contributed by atoms with Gasteiger partial charge in [-0.3, -0.25) is 0 Å². The predicted octanol–water partition coefficient (Wildman–Crippen LogP) is 5.54. The maximum Gasteiger partial charge on any atom is 0.314 e. The molecule has 0 bridgehead atoms. The van der Waals surface area contributed by atoms with Crippen LogP contribution in [-0.2, 0) is 29.2 Å². The quantitative estimate of drug-likeness (QED) is 0.152. The van der Waals surface area contributed by atoms with Crippen molar-refractivity contribution in [3.63, 3.8) is 0 Å². The highest BCUT2D eigenvalue weighted by atomic mass is 16.5. The number of fused-ring (bicyclic) bond motifs is 1. The molecule has 1 saturated heterocycles. The number of para-hydroxylation sites is 1. The molecule has 0 unspecified atom stereocenters. The number of amides is 2. The number of aryl methyl sites for hydroxylation is 1. The van der Waals surface area contributed by atoms with Crippen LogP contribution in [-0.4, -0.2) is 63.7 Å². The summed E-state index contributed by atoms with van der Waals surface area (Å²) in [5.41, 5.74) is 5.84. The zero-order chi connectivity index (χ0) is 31.4. The van der Waals surface area contributed by atoms with Crippen LogP contribution in [0.4, 0.5) is 4.79 Å². The second kappa shape index (κ2) is 16.3. The lowest BCUT2D eigenvalue weighted by Crippen LogP contribution is -2.40. The van der Waals surface area contributed by atoms with Crippen molar-refractivity contribution in [1.29, 1.82) is 0 Å². The Morgan fingerprint density at radius 1 is 1.04 bits per heavy atom. The van der Waals surface area contributed by atoms with Crippen molar-refractivity contribution in [1.82, 2.24) is 20.5 Å². The van der Waals surface area contributed by atoms with Gasteiger partial charge in [0.05, 0.1) is 39.6 Å². The first kappa shape index (κ1) is 32.3. The average Bonchev–Trinajstić information content (AvgIpc) is 3.39. The molecule has 0 spiro atoms. The summed E-state index contributed by atoms with van der Waals surface area (Å²) in [6.45, 7) is 7.46. The summed E-state index contributed by atoms with van der Waals surface area (Å²) >= 11 is 0. The van der Waals surface area contributed by atoms with Gasteiger partial charge in [-0.1, -0.05) is 42.5 Å². The first-order valence-corrected chi connectivity index (χ1v) is 15.8. The molecular weight excluding hydrogens is 568 g/mol. The van der Waals surface area contributed by atoms with Crippen molar-refractivity contribution in [2.45, 2.75) is 51.5 Å². The third-order valence-electron chi connectivity index (χ3n) is 8.36. The van der Waals surface area contributed by atoms with Gasteiger partial charge in [0.2, 0.25) is 0 Å². The lowest BCUT2D eigenvalue weighted by molar-refractivity contribution is 0.0106. The molecule has 3 aromatic carbocycles.